The van der Waals surface area contributed by atoms with Crippen molar-refractivity contribution in [2.45, 2.75) is 33.1 Å². The van der Waals surface area contributed by atoms with Gasteiger partial charge in [-0.1, -0.05) is 39.2 Å². The smallest absolute Gasteiger partial charge is 0.342 e. The summed E-state index contributed by atoms with van der Waals surface area (Å²) < 4.78 is 0. The molecule has 90 valence electrons. The van der Waals surface area contributed by atoms with Gasteiger partial charge in [0.2, 0.25) is 0 Å². The number of aliphatic carboxylic acids is 2. The van der Waals surface area contributed by atoms with Gasteiger partial charge in [0.25, 0.3) is 0 Å². The average Bonchev–Trinajstić information content (AvgIpc) is 2.15. The molecule has 2 atom stereocenters. The summed E-state index contributed by atoms with van der Waals surface area (Å²) in [4.78, 5) is 21.6. The van der Waals surface area contributed by atoms with Crippen LogP contribution >= 0.6 is 0 Å². The van der Waals surface area contributed by atoms with Crippen molar-refractivity contribution in [2.24, 2.45) is 17.8 Å². The van der Waals surface area contributed by atoms with Gasteiger partial charge < -0.3 is 10.2 Å². The lowest BCUT2D eigenvalue weighted by Crippen LogP contribution is -2.25. The van der Waals surface area contributed by atoms with Crippen LogP contribution in [-0.2, 0) is 9.59 Å². The topological polar surface area (TPSA) is 74.6 Å². The molecule has 1 fully saturated rings. The summed E-state index contributed by atoms with van der Waals surface area (Å²) in [6, 6.07) is 0. The Labute approximate surface area is 95.0 Å². The van der Waals surface area contributed by atoms with E-state index in [9.17, 15) is 9.59 Å². The van der Waals surface area contributed by atoms with Crippen LogP contribution in [0.5, 0.6) is 0 Å². The van der Waals surface area contributed by atoms with Crippen molar-refractivity contribution in [2.75, 3.05) is 0 Å². The Morgan fingerprint density at radius 3 is 1.88 bits per heavy atom. The van der Waals surface area contributed by atoms with E-state index in [1.165, 1.54) is 6.08 Å². The third-order valence-corrected chi connectivity index (χ3v) is 3.45. The highest BCUT2D eigenvalue weighted by atomic mass is 16.4. The molecule has 1 aliphatic carbocycles. The van der Waals surface area contributed by atoms with Gasteiger partial charge in [0.05, 0.1) is 0 Å². The first-order chi connectivity index (χ1) is 7.43. The molecule has 0 heterocycles. The molecule has 0 saturated heterocycles. The molecule has 1 saturated carbocycles. The minimum Gasteiger partial charge on any atom is -0.477 e. The summed E-state index contributed by atoms with van der Waals surface area (Å²) in [5.74, 6) is -1.92. The lowest BCUT2D eigenvalue weighted by Gasteiger charge is -2.32. The van der Waals surface area contributed by atoms with E-state index in [4.69, 9.17) is 10.2 Å². The molecular formula is C12H18O4. The molecule has 2 N–H and O–H groups in total. The highest BCUT2D eigenvalue weighted by Gasteiger charge is 2.28. The van der Waals surface area contributed by atoms with Crippen molar-refractivity contribution in [3.63, 3.8) is 0 Å². The fourth-order valence-corrected chi connectivity index (χ4v) is 2.46. The zero-order valence-electron chi connectivity index (χ0n) is 9.64. The summed E-state index contributed by atoms with van der Waals surface area (Å²) in [6.07, 6.45) is 4.65. The number of allylic oxidation sites excluding steroid dienone is 1. The second-order valence-corrected chi connectivity index (χ2v) is 4.65. The van der Waals surface area contributed by atoms with Gasteiger partial charge in [-0.25, -0.2) is 9.59 Å². The Morgan fingerprint density at radius 1 is 1.06 bits per heavy atom. The van der Waals surface area contributed by atoms with Gasteiger partial charge in [-0.2, -0.15) is 0 Å². The monoisotopic (exact) mass is 226 g/mol. The van der Waals surface area contributed by atoms with Crippen molar-refractivity contribution >= 4 is 11.9 Å². The molecule has 0 aromatic heterocycles. The molecule has 0 aromatic rings. The van der Waals surface area contributed by atoms with E-state index in [2.05, 4.69) is 13.8 Å². The minimum atomic E-state index is -1.35. The van der Waals surface area contributed by atoms with Crippen molar-refractivity contribution in [3.8, 4) is 0 Å². The van der Waals surface area contributed by atoms with Gasteiger partial charge in [0.15, 0.2) is 0 Å². The molecule has 0 amide bonds. The molecule has 4 nitrogen and oxygen atoms in total. The van der Waals surface area contributed by atoms with E-state index in [1.807, 2.05) is 0 Å². The third-order valence-electron chi connectivity index (χ3n) is 3.45. The predicted molar refractivity (Wildman–Crippen MR) is 59.0 cm³/mol. The Balaban J connectivity index is 2.93. The molecule has 0 radical (unpaired) electrons. The van der Waals surface area contributed by atoms with Crippen LogP contribution in [0.2, 0.25) is 0 Å². The van der Waals surface area contributed by atoms with Crippen LogP contribution in [0.15, 0.2) is 11.6 Å². The number of carbonyl (C=O) groups is 2. The highest BCUT2D eigenvalue weighted by Crippen LogP contribution is 2.35. The first kappa shape index (κ1) is 12.7. The summed E-state index contributed by atoms with van der Waals surface area (Å²) in [5, 5.41) is 17.6. The van der Waals surface area contributed by atoms with E-state index < -0.39 is 17.5 Å². The number of rotatable bonds is 3. The molecule has 0 bridgehead atoms. The van der Waals surface area contributed by atoms with Crippen LogP contribution in [0.25, 0.3) is 0 Å². The van der Waals surface area contributed by atoms with Gasteiger partial charge >= 0.3 is 11.9 Å². The van der Waals surface area contributed by atoms with Crippen molar-refractivity contribution in [1.82, 2.24) is 0 Å². The molecule has 16 heavy (non-hydrogen) atoms. The van der Waals surface area contributed by atoms with Crippen LogP contribution in [-0.4, -0.2) is 22.2 Å². The minimum absolute atomic E-state index is 0.0657. The standard InChI is InChI=1S/C12H18O4/c1-7-4-3-5-8(2)9(7)6-10(11(13)14)12(15)16/h6-9H,3-5H2,1-2H3,(H,13,14)(H,15,16). The Hall–Kier alpha value is -1.32. The van der Waals surface area contributed by atoms with Crippen molar-refractivity contribution < 1.29 is 19.8 Å². The largest absolute Gasteiger partial charge is 0.477 e. The van der Waals surface area contributed by atoms with Crippen LogP contribution in [0, 0.1) is 17.8 Å². The first-order valence-corrected chi connectivity index (χ1v) is 5.62. The normalized spacial score (nSPS) is 29.5. The van der Waals surface area contributed by atoms with E-state index in [0.717, 1.165) is 19.3 Å². The van der Waals surface area contributed by atoms with E-state index >= 15 is 0 Å². The van der Waals surface area contributed by atoms with Crippen molar-refractivity contribution in [3.05, 3.63) is 11.6 Å². The van der Waals surface area contributed by atoms with Crippen LogP contribution < -0.4 is 0 Å². The fourth-order valence-electron chi connectivity index (χ4n) is 2.46. The summed E-state index contributed by atoms with van der Waals surface area (Å²) in [7, 11) is 0. The average molecular weight is 226 g/mol. The molecule has 1 rings (SSSR count). The molecule has 0 aliphatic heterocycles. The Bertz CT molecular complexity index is 293. The maximum atomic E-state index is 10.8. The van der Waals surface area contributed by atoms with Gasteiger partial charge in [0.1, 0.15) is 5.57 Å². The summed E-state index contributed by atoms with van der Waals surface area (Å²) in [6.45, 7) is 4.11. The zero-order valence-corrected chi connectivity index (χ0v) is 9.64. The molecule has 2 unspecified atom stereocenters. The first-order valence-electron chi connectivity index (χ1n) is 5.62. The number of carboxylic acid groups (broad SMARTS) is 2. The van der Waals surface area contributed by atoms with Crippen LogP contribution in [0.4, 0.5) is 0 Å². The van der Waals surface area contributed by atoms with E-state index in [1.54, 1.807) is 0 Å². The van der Waals surface area contributed by atoms with E-state index in [0.29, 0.717) is 11.8 Å². The van der Waals surface area contributed by atoms with Crippen LogP contribution in [0.3, 0.4) is 0 Å². The Morgan fingerprint density at radius 2 is 1.50 bits per heavy atom. The maximum Gasteiger partial charge on any atom is 0.342 e. The van der Waals surface area contributed by atoms with E-state index in [-0.39, 0.29) is 5.92 Å². The van der Waals surface area contributed by atoms with Crippen molar-refractivity contribution in [1.29, 1.82) is 0 Å². The number of hydrogen-bond acceptors (Lipinski definition) is 2. The fraction of sp³-hybridized carbons (Fsp3) is 0.667. The van der Waals surface area contributed by atoms with Crippen LogP contribution in [0.1, 0.15) is 33.1 Å². The van der Waals surface area contributed by atoms with Gasteiger partial charge in [-0.3, -0.25) is 0 Å². The number of hydrogen-bond donors (Lipinski definition) is 2. The zero-order chi connectivity index (χ0) is 12.3. The predicted octanol–water partition coefficient (Wildman–Crippen LogP) is 2.15. The second kappa shape index (κ2) is 5.14. The molecule has 0 aromatic carbocycles. The molecular weight excluding hydrogens is 208 g/mol. The lowest BCUT2D eigenvalue weighted by molar-refractivity contribution is -0.140. The van der Waals surface area contributed by atoms with Gasteiger partial charge in [-0.05, 0) is 17.8 Å². The molecule has 4 heteroatoms. The highest BCUT2D eigenvalue weighted by molar-refractivity contribution is 6.12. The molecule has 1 aliphatic rings. The Kier molecular flexibility index (Phi) is 4.10. The summed E-state index contributed by atoms with van der Waals surface area (Å²) in [5.41, 5.74) is -0.495. The molecule has 0 spiro atoms. The van der Waals surface area contributed by atoms with Gasteiger partial charge in [0, 0.05) is 0 Å². The number of carboxylic acids is 2. The second-order valence-electron chi connectivity index (χ2n) is 4.65. The lowest BCUT2D eigenvalue weighted by atomic mass is 9.73. The quantitative estimate of drug-likeness (QED) is 0.439. The maximum absolute atomic E-state index is 10.8. The van der Waals surface area contributed by atoms with Gasteiger partial charge in [-0.15, -0.1) is 0 Å². The SMILES string of the molecule is CC1CCCC(C)C1C=C(C(=O)O)C(=O)O. The summed E-state index contributed by atoms with van der Waals surface area (Å²) >= 11 is 0. The third kappa shape index (κ3) is 2.84.